The molecule has 1 unspecified atom stereocenters. The van der Waals surface area contributed by atoms with Gasteiger partial charge in [0.1, 0.15) is 0 Å². The maximum atomic E-state index is 11.6. The molecule has 112 valence electrons. The maximum Gasteiger partial charge on any atom is 0.286 e. The van der Waals surface area contributed by atoms with Crippen LogP contribution in [0.25, 0.3) is 0 Å². The molecule has 1 fully saturated rings. The van der Waals surface area contributed by atoms with Crippen LogP contribution in [0.4, 0.5) is 4.79 Å². The normalized spacial score (nSPS) is 17.5. The van der Waals surface area contributed by atoms with Crippen molar-refractivity contribution in [2.45, 2.75) is 24.5 Å². The summed E-state index contributed by atoms with van der Waals surface area (Å²) in [5, 5.41) is 1.79. The van der Waals surface area contributed by atoms with Gasteiger partial charge in [-0.05, 0) is 36.0 Å². The third kappa shape index (κ3) is 3.77. The molecule has 0 spiro atoms. The van der Waals surface area contributed by atoms with E-state index in [1.165, 1.54) is 11.1 Å². The summed E-state index contributed by atoms with van der Waals surface area (Å²) in [6.07, 6.45) is 2.62. The summed E-state index contributed by atoms with van der Waals surface area (Å²) >= 11 is 1.08. The van der Waals surface area contributed by atoms with E-state index in [2.05, 4.69) is 53.8 Å². The van der Waals surface area contributed by atoms with E-state index in [1.54, 1.807) is 0 Å². The van der Waals surface area contributed by atoms with Crippen molar-refractivity contribution in [1.29, 1.82) is 0 Å². The summed E-state index contributed by atoms with van der Waals surface area (Å²) < 4.78 is 0. The molecule has 1 saturated heterocycles. The largest absolute Gasteiger partial charge is 0.286 e. The van der Waals surface area contributed by atoms with E-state index in [0.29, 0.717) is 6.42 Å². The molecule has 1 heterocycles. The van der Waals surface area contributed by atoms with Gasteiger partial charge >= 0.3 is 0 Å². The third-order valence-corrected chi connectivity index (χ3v) is 4.74. The summed E-state index contributed by atoms with van der Waals surface area (Å²) in [6.45, 7) is 0. The van der Waals surface area contributed by atoms with Gasteiger partial charge in [-0.2, -0.15) is 0 Å². The van der Waals surface area contributed by atoms with Gasteiger partial charge in [-0.25, -0.2) is 0 Å². The van der Waals surface area contributed by atoms with Crippen LogP contribution < -0.4 is 5.32 Å². The number of carbonyl (C=O) groups is 2. The lowest BCUT2D eigenvalue weighted by Crippen LogP contribution is -2.25. The molecule has 0 aromatic heterocycles. The quantitative estimate of drug-likeness (QED) is 0.921. The van der Waals surface area contributed by atoms with Crippen molar-refractivity contribution < 1.29 is 9.59 Å². The predicted molar refractivity (Wildman–Crippen MR) is 88.9 cm³/mol. The first kappa shape index (κ1) is 14.9. The SMILES string of the molecule is O=C1NC(=O)C(Cc2ccc(CCc3ccccc3)cc2)S1. The first-order chi connectivity index (χ1) is 10.7. The van der Waals surface area contributed by atoms with Crippen molar-refractivity contribution in [3.8, 4) is 0 Å². The topological polar surface area (TPSA) is 46.2 Å². The molecule has 0 saturated carbocycles. The van der Waals surface area contributed by atoms with E-state index in [0.717, 1.165) is 30.2 Å². The molecule has 0 bridgehead atoms. The molecule has 0 radical (unpaired) electrons. The van der Waals surface area contributed by atoms with Gasteiger partial charge in [0.25, 0.3) is 5.24 Å². The van der Waals surface area contributed by atoms with E-state index >= 15 is 0 Å². The summed E-state index contributed by atoms with van der Waals surface area (Å²) in [6, 6.07) is 18.8. The van der Waals surface area contributed by atoms with Gasteiger partial charge in [0.2, 0.25) is 5.91 Å². The first-order valence-electron chi connectivity index (χ1n) is 7.34. The Morgan fingerprint density at radius 1 is 0.818 bits per heavy atom. The predicted octanol–water partition coefficient (Wildman–Crippen LogP) is 3.37. The molecule has 1 aliphatic heterocycles. The second-order valence-electron chi connectivity index (χ2n) is 5.39. The summed E-state index contributed by atoms with van der Waals surface area (Å²) in [7, 11) is 0. The number of carbonyl (C=O) groups excluding carboxylic acids is 2. The van der Waals surface area contributed by atoms with Gasteiger partial charge < -0.3 is 0 Å². The van der Waals surface area contributed by atoms with E-state index in [1.807, 2.05) is 6.07 Å². The van der Waals surface area contributed by atoms with Gasteiger partial charge in [0, 0.05) is 0 Å². The number of benzene rings is 2. The minimum Gasteiger partial charge on any atom is -0.286 e. The minimum absolute atomic E-state index is 0.178. The summed E-state index contributed by atoms with van der Waals surface area (Å²) in [5.41, 5.74) is 3.71. The van der Waals surface area contributed by atoms with Crippen LogP contribution in [0.3, 0.4) is 0 Å². The highest BCUT2D eigenvalue weighted by atomic mass is 32.2. The van der Waals surface area contributed by atoms with E-state index in [4.69, 9.17) is 0 Å². The Morgan fingerprint density at radius 3 is 2.00 bits per heavy atom. The zero-order chi connectivity index (χ0) is 15.4. The highest BCUT2D eigenvalue weighted by Gasteiger charge is 2.31. The molecule has 2 amide bonds. The van der Waals surface area contributed by atoms with E-state index in [9.17, 15) is 9.59 Å². The van der Waals surface area contributed by atoms with Crippen LogP contribution in [0.1, 0.15) is 16.7 Å². The number of imide groups is 1. The van der Waals surface area contributed by atoms with Crippen molar-refractivity contribution in [2.24, 2.45) is 0 Å². The van der Waals surface area contributed by atoms with Gasteiger partial charge in [0.05, 0.1) is 5.25 Å². The number of amides is 2. The Kier molecular flexibility index (Phi) is 4.59. The smallest absolute Gasteiger partial charge is 0.286 e. The fourth-order valence-corrected chi connectivity index (χ4v) is 3.38. The van der Waals surface area contributed by atoms with Crippen molar-refractivity contribution >= 4 is 22.9 Å². The number of nitrogens with one attached hydrogen (secondary N) is 1. The average Bonchev–Trinajstić information content (AvgIpc) is 2.85. The van der Waals surface area contributed by atoms with Crippen molar-refractivity contribution in [3.63, 3.8) is 0 Å². The first-order valence-corrected chi connectivity index (χ1v) is 8.22. The monoisotopic (exact) mass is 311 g/mol. The standard InChI is InChI=1S/C18H17NO2S/c20-17-16(22-18(21)19-17)12-15-10-8-14(9-11-15)7-6-13-4-2-1-3-5-13/h1-5,8-11,16H,6-7,12H2,(H,19,20,21). The molecule has 1 N–H and O–H groups in total. The second-order valence-corrected chi connectivity index (χ2v) is 6.56. The van der Waals surface area contributed by atoms with Crippen molar-refractivity contribution in [3.05, 3.63) is 71.3 Å². The third-order valence-electron chi connectivity index (χ3n) is 3.76. The summed E-state index contributed by atoms with van der Waals surface area (Å²) in [5.74, 6) is -0.178. The van der Waals surface area contributed by atoms with Crippen LogP contribution in [0.5, 0.6) is 0 Å². The van der Waals surface area contributed by atoms with Crippen LogP contribution in [-0.4, -0.2) is 16.4 Å². The molecule has 2 aromatic carbocycles. The number of aryl methyl sites for hydroxylation is 2. The molecule has 4 heteroatoms. The highest BCUT2D eigenvalue weighted by molar-refractivity contribution is 8.15. The maximum absolute atomic E-state index is 11.6. The Morgan fingerprint density at radius 2 is 1.41 bits per heavy atom. The van der Waals surface area contributed by atoms with Crippen molar-refractivity contribution in [2.75, 3.05) is 0 Å². The number of hydrogen-bond donors (Lipinski definition) is 1. The lowest BCUT2D eigenvalue weighted by molar-refractivity contribution is -0.118. The Hall–Kier alpha value is -2.07. The second kappa shape index (κ2) is 6.79. The van der Waals surface area contributed by atoms with Crippen LogP contribution in [0.15, 0.2) is 54.6 Å². The number of thioether (sulfide) groups is 1. The number of hydrogen-bond acceptors (Lipinski definition) is 3. The van der Waals surface area contributed by atoms with Crippen molar-refractivity contribution in [1.82, 2.24) is 5.32 Å². The Balaban J connectivity index is 1.56. The van der Waals surface area contributed by atoms with Crippen LogP contribution in [0.2, 0.25) is 0 Å². The molecule has 1 aliphatic rings. The molecule has 3 nitrogen and oxygen atoms in total. The average molecular weight is 311 g/mol. The van der Waals surface area contributed by atoms with Crippen LogP contribution >= 0.6 is 11.8 Å². The fourth-order valence-electron chi connectivity index (χ4n) is 2.52. The zero-order valence-corrected chi connectivity index (χ0v) is 12.9. The summed E-state index contributed by atoms with van der Waals surface area (Å²) in [4.78, 5) is 22.7. The minimum atomic E-state index is -0.289. The molecule has 3 rings (SSSR count). The molecule has 1 atom stereocenters. The van der Waals surface area contributed by atoms with E-state index < -0.39 is 0 Å². The van der Waals surface area contributed by atoms with Gasteiger partial charge in [0.15, 0.2) is 0 Å². The fraction of sp³-hybridized carbons (Fsp3) is 0.222. The highest BCUT2D eigenvalue weighted by Crippen LogP contribution is 2.23. The Bertz CT molecular complexity index is 667. The number of rotatable bonds is 5. The van der Waals surface area contributed by atoms with Gasteiger partial charge in [-0.3, -0.25) is 14.9 Å². The van der Waals surface area contributed by atoms with Gasteiger partial charge in [-0.1, -0.05) is 66.4 Å². The molecular formula is C18H17NO2S. The zero-order valence-electron chi connectivity index (χ0n) is 12.1. The van der Waals surface area contributed by atoms with E-state index in [-0.39, 0.29) is 16.4 Å². The molecule has 0 aliphatic carbocycles. The lowest BCUT2D eigenvalue weighted by atomic mass is 10.0. The molecular weight excluding hydrogens is 294 g/mol. The van der Waals surface area contributed by atoms with Gasteiger partial charge in [-0.15, -0.1) is 0 Å². The lowest BCUT2D eigenvalue weighted by Gasteiger charge is -2.07. The molecule has 22 heavy (non-hydrogen) atoms. The molecule has 2 aromatic rings. The Labute approximate surface area is 134 Å². The van der Waals surface area contributed by atoms with Crippen LogP contribution in [0, 0.1) is 0 Å². The van der Waals surface area contributed by atoms with Crippen LogP contribution in [-0.2, 0) is 24.1 Å².